The van der Waals surface area contributed by atoms with Crippen LogP contribution in [0.15, 0.2) is 12.1 Å². The van der Waals surface area contributed by atoms with Crippen LogP contribution in [0.25, 0.3) is 0 Å². The largest absolute Gasteiger partial charge is 0.534 e. The van der Waals surface area contributed by atoms with E-state index in [4.69, 9.17) is 9.47 Å². The van der Waals surface area contributed by atoms with Crippen LogP contribution in [0.1, 0.15) is 15.9 Å². The van der Waals surface area contributed by atoms with Gasteiger partial charge in [0.15, 0.2) is 5.75 Å². The van der Waals surface area contributed by atoms with E-state index in [1.54, 1.807) is 0 Å². The highest BCUT2D eigenvalue weighted by atomic mass is 32.2. The minimum Gasteiger partial charge on any atom is -0.497 e. The average molecular weight is 358 g/mol. The van der Waals surface area contributed by atoms with Gasteiger partial charge in [0.25, 0.3) is 0 Å². The summed E-state index contributed by atoms with van der Waals surface area (Å²) in [5, 5.41) is 0. The number of ether oxygens (including phenoxy) is 3. The van der Waals surface area contributed by atoms with Gasteiger partial charge in [-0.1, -0.05) is 0 Å². The Bertz CT molecular complexity index is 683. The van der Waals surface area contributed by atoms with Gasteiger partial charge >= 0.3 is 21.6 Å². The highest BCUT2D eigenvalue weighted by Gasteiger charge is 2.49. The van der Waals surface area contributed by atoms with Crippen molar-refractivity contribution >= 4 is 16.1 Å². The monoisotopic (exact) mass is 358 g/mol. The lowest BCUT2D eigenvalue weighted by Gasteiger charge is -2.16. The number of rotatable bonds is 6. The molecule has 7 nitrogen and oxygen atoms in total. The second kappa shape index (κ2) is 7.04. The minimum atomic E-state index is -5.98. The van der Waals surface area contributed by atoms with E-state index in [0.717, 1.165) is 13.2 Å². The molecular formula is C12H13F3O7S. The number of carbonyl (C=O) groups excluding carboxylic acids is 1. The Hall–Kier alpha value is -2.01. The Morgan fingerprint density at radius 1 is 1.17 bits per heavy atom. The first kappa shape index (κ1) is 19.0. The van der Waals surface area contributed by atoms with Gasteiger partial charge in [0.2, 0.25) is 0 Å². The topological polar surface area (TPSA) is 88.1 Å². The molecule has 0 unspecified atom stereocenters. The number of methoxy groups -OCH3 is 3. The van der Waals surface area contributed by atoms with Crippen LogP contribution >= 0.6 is 0 Å². The van der Waals surface area contributed by atoms with Gasteiger partial charge in [0.1, 0.15) is 11.3 Å². The first-order chi connectivity index (χ1) is 10.6. The zero-order valence-corrected chi connectivity index (χ0v) is 13.1. The van der Waals surface area contributed by atoms with Gasteiger partial charge in [-0.15, -0.1) is 0 Å². The van der Waals surface area contributed by atoms with Crippen molar-refractivity contribution in [2.75, 3.05) is 21.3 Å². The molecule has 0 spiro atoms. The summed E-state index contributed by atoms with van der Waals surface area (Å²) in [5.74, 6) is -2.00. The fourth-order valence-corrected chi connectivity index (χ4v) is 2.06. The van der Waals surface area contributed by atoms with Crippen molar-refractivity contribution in [2.45, 2.75) is 12.1 Å². The summed E-state index contributed by atoms with van der Waals surface area (Å²) in [7, 11) is -2.53. The molecule has 0 atom stereocenters. The van der Waals surface area contributed by atoms with Gasteiger partial charge in [-0.25, -0.2) is 4.79 Å². The molecule has 1 aromatic rings. The summed E-state index contributed by atoms with van der Waals surface area (Å²) >= 11 is 0. The third-order valence-electron chi connectivity index (χ3n) is 2.57. The molecule has 0 heterocycles. The van der Waals surface area contributed by atoms with Crippen molar-refractivity contribution in [1.29, 1.82) is 0 Å². The van der Waals surface area contributed by atoms with Crippen LogP contribution in [0.2, 0.25) is 0 Å². The molecule has 0 saturated carbocycles. The Labute approximate surface area is 130 Å². The van der Waals surface area contributed by atoms with Crippen molar-refractivity contribution in [3.05, 3.63) is 23.3 Å². The van der Waals surface area contributed by atoms with E-state index < -0.39 is 32.9 Å². The number of halogens is 3. The molecule has 0 amide bonds. The predicted molar refractivity (Wildman–Crippen MR) is 70.6 cm³/mol. The molecule has 130 valence electrons. The van der Waals surface area contributed by atoms with Gasteiger partial charge < -0.3 is 18.4 Å². The molecule has 0 fully saturated rings. The highest BCUT2D eigenvalue weighted by Crippen LogP contribution is 2.34. The minimum absolute atomic E-state index is 0.0305. The standard InChI is InChI=1S/C12H13F3O7S/c1-19-6-7-4-8(20-2)5-9(10(7)11(16)21-3)22-23(17,18)12(13,14)15/h4-5H,6H2,1-3H3. The molecule has 0 aliphatic heterocycles. The van der Waals surface area contributed by atoms with E-state index in [9.17, 15) is 26.4 Å². The molecule has 0 aliphatic carbocycles. The number of benzene rings is 1. The maximum Gasteiger partial charge on any atom is 0.534 e. The molecule has 11 heteroatoms. The van der Waals surface area contributed by atoms with Crippen molar-refractivity contribution in [3.63, 3.8) is 0 Å². The summed E-state index contributed by atoms with van der Waals surface area (Å²) in [6, 6.07) is 2.11. The fraction of sp³-hybridized carbons (Fsp3) is 0.417. The van der Waals surface area contributed by atoms with Crippen molar-refractivity contribution in [3.8, 4) is 11.5 Å². The normalized spacial score (nSPS) is 11.9. The molecule has 0 N–H and O–H groups in total. The zero-order chi connectivity index (χ0) is 17.8. The van der Waals surface area contributed by atoms with E-state index in [-0.39, 0.29) is 17.9 Å². The van der Waals surface area contributed by atoms with E-state index in [1.165, 1.54) is 20.3 Å². The lowest BCUT2D eigenvalue weighted by molar-refractivity contribution is -0.0500. The molecule has 0 aliphatic rings. The smallest absolute Gasteiger partial charge is 0.497 e. The molecule has 0 saturated heterocycles. The summed E-state index contributed by atoms with van der Waals surface area (Å²) in [6.45, 7) is -0.218. The number of hydrogen-bond acceptors (Lipinski definition) is 7. The summed E-state index contributed by atoms with van der Waals surface area (Å²) in [4.78, 5) is 11.8. The van der Waals surface area contributed by atoms with Crippen molar-refractivity contribution in [1.82, 2.24) is 0 Å². The van der Waals surface area contributed by atoms with Gasteiger partial charge in [-0.2, -0.15) is 21.6 Å². The summed E-state index contributed by atoms with van der Waals surface area (Å²) in [6.07, 6.45) is 0. The lowest BCUT2D eigenvalue weighted by atomic mass is 10.1. The highest BCUT2D eigenvalue weighted by molar-refractivity contribution is 7.88. The second-order valence-corrected chi connectivity index (χ2v) is 5.61. The zero-order valence-electron chi connectivity index (χ0n) is 12.3. The van der Waals surface area contributed by atoms with Crippen LogP contribution < -0.4 is 8.92 Å². The number of carbonyl (C=O) groups is 1. The Balaban J connectivity index is 3.55. The second-order valence-electron chi connectivity index (χ2n) is 4.07. The van der Waals surface area contributed by atoms with Crippen LogP contribution in [0.3, 0.4) is 0 Å². The Morgan fingerprint density at radius 3 is 2.22 bits per heavy atom. The number of alkyl halides is 3. The average Bonchev–Trinajstić information content (AvgIpc) is 2.44. The van der Waals surface area contributed by atoms with Crippen LogP contribution in [0.5, 0.6) is 11.5 Å². The van der Waals surface area contributed by atoms with Gasteiger partial charge in [-0.3, -0.25) is 0 Å². The van der Waals surface area contributed by atoms with Crippen LogP contribution in [0, 0.1) is 0 Å². The fourth-order valence-electron chi connectivity index (χ4n) is 1.60. The van der Waals surface area contributed by atoms with Crippen LogP contribution in [-0.2, 0) is 26.2 Å². The SMILES string of the molecule is COCc1cc(OC)cc(OS(=O)(=O)C(F)(F)F)c1C(=O)OC. The maximum absolute atomic E-state index is 12.5. The summed E-state index contributed by atoms with van der Waals surface area (Å²) in [5.41, 5.74) is -6.14. The van der Waals surface area contributed by atoms with E-state index >= 15 is 0 Å². The maximum atomic E-state index is 12.5. The molecule has 0 aromatic heterocycles. The quantitative estimate of drug-likeness (QED) is 0.436. The Kier molecular flexibility index (Phi) is 5.83. The third kappa shape index (κ3) is 4.26. The first-order valence-corrected chi connectivity index (χ1v) is 7.27. The molecule has 1 aromatic carbocycles. The van der Waals surface area contributed by atoms with E-state index in [2.05, 4.69) is 8.92 Å². The van der Waals surface area contributed by atoms with Crippen molar-refractivity contribution in [2.24, 2.45) is 0 Å². The molecule has 23 heavy (non-hydrogen) atoms. The lowest BCUT2D eigenvalue weighted by Crippen LogP contribution is -2.29. The molecule has 0 bridgehead atoms. The predicted octanol–water partition coefficient (Wildman–Crippen LogP) is 1.86. The molecule has 0 radical (unpaired) electrons. The Morgan fingerprint density at radius 2 is 1.78 bits per heavy atom. The van der Waals surface area contributed by atoms with Crippen LogP contribution in [-0.4, -0.2) is 41.2 Å². The summed E-state index contributed by atoms with van der Waals surface area (Å²) < 4.78 is 78.0. The third-order valence-corrected chi connectivity index (χ3v) is 3.53. The van der Waals surface area contributed by atoms with Gasteiger partial charge in [0.05, 0.1) is 20.8 Å². The first-order valence-electron chi connectivity index (χ1n) is 5.86. The molecular weight excluding hydrogens is 345 g/mol. The number of hydrogen-bond donors (Lipinski definition) is 0. The van der Waals surface area contributed by atoms with Gasteiger partial charge in [0, 0.05) is 13.2 Å². The van der Waals surface area contributed by atoms with E-state index in [0.29, 0.717) is 0 Å². The van der Waals surface area contributed by atoms with Crippen LogP contribution in [0.4, 0.5) is 13.2 Å². The van der Waals surface area contributed by atoms with Crippen molar-refractivity contribution < 1.29 is 44.8 Å². The molecule has 1 rings (SSSR count). The number of esters is 1. The van der Waals surface area contributed by atoms with E-state index in [1.807, 2.05) is 0 Å². The van der Waals surface area contributed by atoms with Gasteiger partial charge in [-0.05, 0) is 11.6 Å².